The average molecular weight is 472 g/mol. The molecule has 0 spiro atoms. The highest BCUT2D eigenvalue weighted by Crippen LogP contribution is 2.26. The predicted octanol–water partition coefficient (Wildman–Crippen LogP) is 6.59. The van der Waals surface area contributed by atoms with Crippen LogP contribution in [0.4, 0.5) is 0 Å². The third-order valence-electron chi connectivity index (χ3n) is 3.84. The molecule has 0 aliphatic heterocycles. The summed E-state index contributed by atoms with van der Waals surface area (Å²) < 4.78 is 7.10. The monoisotopic (exact) mass is 471 g/mol. The second-order valence-electron chi connectivity index (χ2n) is 5.59. The van der Waals surface area contributed by atoms with Gasteiger partial charge in [0.1, 0.15) is 12.4 Å². The van der Waals surface area contributed by atoms with Gasteiger partial charge in [-0.15, -0.1) is 0 Å². The van der Waals surface area contributed by atoms with Gasteiger partial charge in [0, 0.05) is 19.7 Å². The second-order valence-corrected chi connectivity index (χ2v) is 7.25. The molecule has 0 atom stereocenters. The summed E-state index contributed by atoms with van der Waals surface area (Å²) in [5.74, 6) is 0.714. The van der Waals surface area contributed by atoms with E-state index < -0.39 is 0 Å². The van der Waals surface area contributed by atoms with Crippen LogP contribution in [0.2, 0.25) is 5.02 Å². The molecule has 2 nitrogen and oxygen atoms in total. The van der Waals surface area contributed by atoms with Crippen LogP contribution in [0.3, 0.4) is 0 Å². The first-order valence-electron chi connectivity index (χ1n) is 8.00. The summed E-state index contributed by atoms with van der Waals surface area (Å²) in [6.07, 6.45) is 1.85. The van der Waals surface area contributed by atoms with Crippen molar-refractivity contribution in [2.24, 2.45) is 0 Å². The van der Waals surface area contributed by atoms with Crippen molar-refractivity contribution < 1.29 is 4.74 Å². The molecule has 3 rings (SSSR count). The van der Waals surface area contributed by atoms with Gasteiger partial charge in [0.2, 0.25) is 0 Å². The zero-order valence-electron chi connectivity index (χ0n) is 13.8. The van der Waals surface area contributed by atoms with E-state index >= 15 is 0 Å². The number of hydrogen-bond acceptors (Lipinski definition) is 2. The zero-order chi connectivity index (χ0) is 18.4. The van der Waals surface area contributed by atoms with Gasteiger partial charge in [-0.25, -0.2) is 0 Å². The van der Waals surface area contributed by atoms with Gasteiger partial charge in [0.15, 0.2) is 0 Å². The second kappa shape index (κ2) is 8.88. The zero-order valence-corrected chi connectivity index (χ0v) is 16.7. The van der Waals surface area contributed by atoms with Crippen molar-refractivity contribution in [3.05, 3.63) is 98.1 Å². The molecule has 0 heterocycles. The van der Waals surface area contributed by atoms with E-state index in [9.17, 15) is 5.26 Å². The van der Waals surface area contributed by atoms with Crippen molar-refractivity contribution in [3.8, 4) is 11.8 Å². The quantitative estimate of drug-likeness (QED) is 0.239. The van der Waals surface area contributed by atoms with Gasteiger partial charge in [-0.2, -0.15) is 5.26 Å². The average Bonchev–Trinajstić information content (AvgIpc) is 2.67. The van der Waals surface area contributed by atoms with E-state index in [1.54, 1.807) is 0 Å². The molecule has 128 valence electrons. The van der Waals surface area contributed by atoms with Crippen LogP contribution in [0.1, 0.15) is 16.7 Å². The summed E-state index contributed by atoms with van der Waals surface area (Å²) in [5, 5.41) is 10.2. The fourth-order valence-electron chi connectivity index (χ4n) is 2.47. The molecular formula is C22H15ClINO. The van der Waals surface area contributed by atoms with Gasteiger partial charge in [0.05, 0.1) is 11.6 Å². The van der Waals surface area contributed by atoms with Gasteiger partial charge in [-0.3, -0.25) is 0 Å². The standard InChI is InChI=1S/C22H15ClINO/c23-21-7-3-1-6-18(21)15-26-22-8-4-2-5-17(22)13-19(14-25)16-9-11-20(24)12-10-16/h1-13H,15H2/b19-13-. The fourth-order valence-corrected chi connectivity index (χ4v) is 3.02. The minimum absolute atomic E-state index is 0.371. The number of ether oxygens (including phenoxy) is 1. The third-order valence-corrected chi connectivity index (χ3v) is 4.92. The predicted molar refractivity (Wildman–Crippen MR) is 115 cm³/mol. The molecule has 0 radical (unpaired) electrons. The molecule has 0 N–H and O–H groups in total. The molecule has 0 saturated carbocycles. The summed E-state index contributed by atoms with van der Waals surface area (Å²) in [6.45, 7) is 0.371. The minimum Gasteiger partial charge on any atom is -0.488 e. The number of halogens is 2. The Bertz CT molecular complexity index is 974. The lowest BCUT2D eigenvalue weighted by atomic mass is 10.0. The normalized spacial score (nSPS) is 11.0. The highest BCUT2D eigenvalue weighted by atomic mass is 127. The molecular weight excluding hydrogens is 457 g/mol. The largest absolute Gasteiger partial charge is 0.488 e. The molecule has 0 unspecified atom stereocenters. The Morgan fingerprint density at radius 2 is 1.69 bits per heavy atom. The highest BCUT2D eigenvalue weighted by molar-refractivity contribution is 14.1. The van der Waals surface area contributed by atoms with Crippen LogP contribution < -0.4 is 4.74 Å². The Morgan fingerprint density at radius 3 is 2.42 bits per heavy atom. The van der Waals surface area contributed by atoms with E-state index in [0.717, 1.165) is 20.3 Å². The maximum atomic E-state index is 9.57. The lowest BCUT2D eigenvalue weighted by Crippen LogP contribution is -1.97. The maximum Gasteiger partial charge on any atom is 0.127 e. The van der Waals surface area contributed by atoms with E-state index in [4.69, 9.17) is 16.3 Å². The third kappa shape index (κ3) is 4.66. The van der Waals surface area contributed by atoms with Crippen molar-refractivity contribution in [1.29, 1.82) is 5.26 Å². The smallest absolute Gasteiger partial charge is 0.127 e. The Kier molecular flexibility index (Phi) is 6.32. The van der Waals surface area contributed by atoms with Crippen LogP contribution in [0.25, 0.3) is 11.6 Å². The summed E-state index contributed by atoms with van der Waals surface area (Å²) in [7, 11) is 0. The van der Waals surface area contributed by atoms with E-state index in [0.29, 0.717) is 23.0 Å². The van der Waals surface area contributed by atoms with Gasteiger partial charge >= 0.3 is 0 Å². The summed E-state index contributed by atoms with van der Waals surface area (Å²) in [5.41, 5.74) is 3.25. The fraction of sp³-hybridized carbons (Fsp3) is 0.0455. The molecule has 3 aromatic carbocycles. The molecule has 26 heavy (non-hydrogen) atoms. The molecule has 0 bridgehead atoms. The van der Waals surface area contributed by atoms with Crippen LogP contribution in [0.15, 0.2) is 72.8 Å². The van der Waals surface area contributed by atoms with Crippen LogP contribution >= 0.6 is 34.2 Å². The van der Waals surface area contributed by atoms with Crippen LogP contribution in [0.5, 0.6) is 5.75 Å². The Morgan fingerprint density at radius 1 is 1.00 bits per heavy atom. The molecule has 4 heteroatoms. The number of para-hydroxylation sites is 1. The lowest BCUT2D eigenvalue weighted by Gasteiger charge is -2.11. The number of hydrogen-bond donors (Lipinski definition) is 0. The first kappa shape index (κ1) is 18.5. The maximum absolute atomic E-state index is 9.57. The van der Waals surface area contributed by atoms with Crippen molar-refractivity contribution in [1.82, 2.24) is 0 Å². The van der Waals surface area contributed by atoms with Gasteiger partial charge in [0.25, 0.3) is 0 Å². The lowest BCUT2D eigenvalue weighted by molar-refractivity contribution is 0.305. The van der Waals surface area contributed by atoms with E-state index in [1.807, 2.05) is 78.9 Å². The van der Waals surface area contributed by atoms with Crippen LogP contribution in [0, 0.1) is 14.9 Å². The minimum atomic E-state index is 0.371. The highest BCUT2D eigenvalue weighted by Gasteiger charge is 2.07. The Balaban J connectivity index is 1.87. The van der Waals surface area contributed by atoms with Crippen LogP contribution in [-0.2, 0) is 6.61 Å². The number of benzene rings is 3. The number of allylic oxidation sites excluding steroid dienone is 1. The SMILES string of the molecule is N#C/C(=C/c1ccccc1OCc1ccccc1Cl)c1ccc(I)cc1. The molecule has 0 amide bonds. The topological polar surface area (TPSA) is 33.0 Å². The first-order chi connectivity index (χ1) is 12.7. The van der Waals surface area contributed by atoms with Crippen molar-refractivity contribution in [2.75, 3.05) is 0 Å². The van der Waals surface area contributed by atoms with Gasteiger partial charge in [-0.1, -0.05) is 60.1 Å². The van der Waals surface area contributed by atoms with Crippen molar-refractivity contribution in [3.63, 3.8) is 0 Å². The Labute approximate surface area is 171 Å². The van der Waals surface area contributed by atoms with Crippen molar-refractivity contribution >= 4 is 45.8 Å². The molecule has 3 aromatic rings. The molecule has 0 saturated heterocycles. The Hall–Kier alpha value is -2.29. The summed E-state index contributed by atoms with van der Waals surface area (Å²) >= 11 is 8.44. The first-order valence-corrected chi connectivity index (χ1v) is 9.46. The van der Waals surface area contributed by atoms with Gasteiger partial charge < -0.3 is 4.74 Å². The summed E-state index contributed by atoms with van der Waals surface area (Å²) in [6, 6.07) is 25.4. The van der Waals surface area contributed by atoms with E-state index in [2.05, 4.69) is 28.7 Å². The van der Waals surface area contributed by atoms with E-state index in [1.165, 1.54) is 0 Å². The number of nitrogens with zero attached hydrogens (tertiary/aromatic N) is 1. The van der Waals surface area contributed by atoms with Crippen molar-refractivity contribution in [2.45, 2.75) is 6.61 Å². The van der Waals surface area contributed by atoms with E-state index in [-0.39, 0.29) is 0 Å². The number of rotatable bonds is 5. The molecule has 0 aliphatic carbocycles. The molecule has 0 fully saturated rings. The number of nitriles is 1. The summed E-state index contributed by atoms with van der Waals surface area (Å²) in [4.78, 5) is 0. The van der Waals surface area contributed by atoms with Gasteiger partial charge in [-0.05, 0) is 58.5 Å². The van der Waals surface area contributed by atoms with Crippen LogP contribution in [-0.4, -0.2) is 0 Å². The molecule has 0 aliphatic rings. The molecule has 0 aromatic heterocycles.